The molecule has 0 unspecified atom stereocenters. The first-order valence-electron chi connectivity index (χ1n) is 9.15. The van der Waals surface area contributed by atoms with Crippen LogP contribution in [0.2, 0.25) is 0 Å². The van der Waals surface area contributed by atoms with Crippen molar-refractivity contribution in [3.05, 3.63) is 0 Å². The van der Waals surface area contributed by atoms with E-state index in [2.05, 4.69) is 13.8 Å². The van der Waals surface area contributed by atoms with Crippen LogP contribution in [0.25, 0.3) is 0 Å². The molecule has 0 aliphatic carbocycles. The van der Waals surface area contributed by atoms with Crippen molar-refractivity contribution >= 4 is 5.97 Å². The maximum absolute atomic E-state index is 10.5. The average Bonchev–Trinajstić information content (AvgIpc) is 2.50. The molecule has 0 aliphatic rings. The Labute approximate surface area is 136 Å². The van der Waals surface area contributed by atoms with E-state index in [1.54, 1.807) is 0 Å². The summed E-state index contributed by atoms with van der Waals surface area (Å²) in [4.78, 5) is 10.5. The van der Waals surface area contributed by atoms with Gasteiger partial charge in [0, 0.05) is 19.6 Å². The smallest absolute Gasteiger partial charge is 0.303 e. The first-order chi connectivity index (χ1) is 10.7. The van der Waals surface area contributed by atoms with Crippen molar-refractivity contribution < 1.29 is 19.4 Å². The molecule has 4 nitrogen and oxygen atoms in total. The zero-order chi connectivity index (χ0) is 16.5. The molecule has 0 bridgehead atoms. The van der Waals surface area contributed by atoms with E-state index in [1.165, 1.54) is 38.5 Å². The Hall–Kier alpha value is -0.610. The number of carboxylic acids is 1. The normalized spacial score (nSPS) is 11.2. The molecule has 0 aliphatic heterocycles. The van der Waals surface area contributed by atoms with Crippen molar-refractivity contribution in [2.45, 2.75) is 97.2 Å². The number of unbranched alkanes of at least 4 members (excludes halogenated alkanes) is 7. The van der Waals surface area contributed by atoms with E-state index in [-0.39, 0.29) is 12.7 Å². The summed E-state index contributed by atoms with van der Waals surface area (Å²) in [6.45, 7) is 5.90. The second kappa shape index (κ2) is 16.8. The third kappa shape index (κ3) is 15.8. The second-order valence-corrected chi connectivity index (χ2v) is 5.93. The summed E-state index contributed by atoms with van der Waals surface area (Å²) in [6.07, 6.45) is 12.0. The van der Waals surface area contributed by atoms with Gasteiger partial charge in [0.1, 0.15) is 0 Å². The predicted octanol–water partition coefficient (Wildman–Crippen LogP) is 5.15. The molecule has 4 heteroatoms. The zero-order valence-electron chi connectivity index (χ0n) is 14.6. The van der Waals surface area contributed by atoms with Gasteiger partial charge in [-0.05, 0) is 32.1 Å². The molecule has 0 saturated heterocycles. The molecule has 132 valence electrons. The molecule has 0 radical (unpaired) electrons. The van der Waals surface area contributed by atoms with E-state index in [0.29, 0.717) is 6.42 Å². The Bertz CT molecular complexity index is 229. The highest BCUT2D eigenvalue weighted by atomic mass is 16.7. The third-order valence-electron chi connectivity index (χ3n) is 3.68. The number of carbonyl (C=O) groups is 1. The van der Waals surface area contributed by atoms with Gasteiger partial charge in [0.05, 0.1) is 0 Å². The van der Waals surface area contributed by atoms with Gasteiger partial charge in [-0.15, -0.1) is 0 Å². The fraction of sp³-hybridized carbons (Fsp3) is 0.944. The minimum absolute atomic E-state index is 0.156. The number of rotatable bonds is 17. The van der Waals surface area contributed by atoms with Crippen LogP contribution in [0.15, 0.2) is 0 Å². The maximum atomic E-state index is 10.5. The first-order valence-corrected chi connectivity index (χ1v) is 9.15. The average molecular weight is 316 g/mol. The molecule has 0 amide bonds. The molecular formula is C18H36O4. The van der Waals surface area contributed by atoms with Gasteiger partial charge in [-0.25, -0.2) is 0 Å². The number of aliphatic carboxylic acids is 1. The molecule has 0 aromatic heterocycles. The van der Waals surface area contributed by atoms with Gasteiger partial charge >= 0.3 is 5.97 Å². The number of hydrogen-bond donors (Lipinski definition) is 1. The van der Waals surface area contributed by atoms with Crippen molar-refractivity contribution in [1.82, 2.24) is 0 Å². The maximum Gasteiger partial charge on any atom is 0.303 e. The van der Waals surface area contributed by atoms with Crippen LogP contribution < -0.4 is 0 Å². The molecule has 0 spiro atoms. The van der Waals surface area contributed by atoms with Crippen molar-refractivity contribution in [3.8, 4) is 0 Å². The van der Waals surface area contributed by atoms with E-state index in [4.69, 9.17) is 14.6 Å². The minimum atomic E-state index is -0.725. The molecule has 0 heterocycles. The summed E-state index contributed by atoms with van der Waals surface area (Å²) in [5, 5.41) is 8.66. The lowest BCUT2D eigenvalue weighted by molar-refractivity contribution is -0.148. The van der Waals surface area contributed by atoms with Gasteiger partial charge in [0.2, 0.25) is 0 Å². The van der Waals surface area contributed by atoms with Crippen LogP contribution in [-0.4, -0.2) is 30.6 Å². The van der Waals surface area contributed by atoms with Crippen LogP contribution in [0.5, 0.6) is 0 Å². The van der Waals surface area contributed by atoms with E-state index in [1.807, 2.05) is 0 Å². The Morgan fingerprint density at radius 2 is 1.36 bits per heavy atom. The van der Waals surface area contributed by atoms with Crippen LogP contribution in [0.3, 0.4) is 0 Å². The summed E-state index contributed by atoms with van der Waals surface area (Å²) < 4.78 is 11.7. The lowest BCUT2D eigenvalue weighted by atomic mass is 10.2. The van der Waals surface area contributed by atoms with E-state index in [9.17, 15) is 4.79 Å². The monoisotopic (exact) mass is 316 g/mol. The Morgan fingerprint density at radius 1 is 0.818 bits per heavy atom. The molecule has 1 N–H and O–H groups in total. The van der Waals surface area contributed by atoms with Crippen molar-refractivity contribution in [2.75, 3.05) is 13.2 Å². The predicted molar refractivity (Wildman–Crippen MR) is 90.1 cm³/mol. The lowest BCUT2D eigenvalue weighted by Gasteiger charge is -2.18. The summed E-state index contributed by atoms with van der Waals surface area (Å²) in [5.74, 6) is -0.725. The van der Waals surface area contributed by atoms with Gasteiger partial charge in [0.25, 0.3) is 0 Å². The topological polar surface area (TPSA) is 55.8 Å². The molecule has 0 rings (SSSR count). The Morgan fingerprint density at radius 3 is 1.82 bits per heavy atom. The third-order valence-corrected chi connectivity index (χ3v) is 3.68. The van der Waals surface area contributed by atoms with Crippen LogP contribution in [0.4, 0.5) is 0 Å². The lowest BCUT2D eigenvalue weighted by Crippen LogP contribution is -2.19. The largest absolute Gasteiger partial charge is 0.481 e. The molecule has 22 heavy (non-hydrogen) atoms. The van der Waals surface area contributed by atoms with E-state index in [0.717, 1.165) is 38.9 Å². The second-order valence-electron chi connectivity index (χ2n) is 5.93. The Balaban J connectivity index is 3.78. The highest BCUT2D eigenvalue weighted by Gasteiger charge is 2.09. The zero-order valence-corrected chi connectivity index (χ0v) is 14.6. The quantitative estimate of drug-likeness (QED) is 0.298. The van der Waals surface area contributed by atoms with Crippen LogP contribution in [-0.2, 0) is 14.3 Å². The highest BCUT2D eigenvalue weighted by Crippen LogP contribution is 2.11. The summed E-state index contributed by atoms with van der Waals surface area (Å²) >= 11 is 0. The fourth-order valence-electron chi connectivity index (χ4n) is 2.29. The summed E-state index contributed by atoms with van der Waals surface area (Å²) in [7, 11) is 0. The van der Waals surface area contributed by atoms with Gasteiger partial charge < -0.3 is 14.6 Å². The number of carboxylic acid groups (broad SMARTS) is 1. The van der Waals surface area contributed by atoms with Crippen LogP contribution in [0, 0.1) is 0 Å². The molecule has 0 aromatic carbocycles. The highest BCUT2D eigenvalue weighted by molar-refractivity contribution is 5.66. The summed E-state index contributed by atoms with van der Waals surface area (Å²) in [6, 6.07) is 0. The molecular weight excluding hydrogens is 280 g/mol. The van der Waals surface area contributed by atoms with Gasteiger partial charge in [-0.2, -0.15) is 0 Å². The SMILES string of the molecule is CCCCCCOC(CCCCC(=O)O)OCCCCCC. The van der Waals surface area contributed by atoms with Crippen molar-refractivity contribution in [3.63, 3.8) is 0 Å². The van der Waals surface area contributed by atoms with Gasteiger partial charge in [-0.3, -0.25) is 4.79 Å². The number of ether oxygens (including phenoxy) is 2. The minimum Gasteiger partial charge on any atom is -0.481 e. The molecule has 0 atom stereocenters. The first kappa shape index (κ1) is 21.4. The van der Waals surface area contributed by atoms with E-state index >= 15 is 0 Å². The number of hydrogen-bond acceptors (Lipinski definition) is 3. The fourth-order valence-corrected chi connectivity index (χ4v) is 2.29. The van der Waals surface area contributed by atoms with Crippen molar-refractivity contribution in [1.29, 1.82) is 0 Å². The molecule has 0 aromatic rings. The van der Waals surface area contributed by atoms with Crippen LogP contribution in [0.1, 0.15) is 90.9 Å². The van der Waals surface area contributed by atoms with Gasteiger partial charge in [0.15, 0.2) is 6.29 Å². The van der Waals surface area contributed by atoms with Crippen LogP contribution >= 0.6 is 0 Å². The van der Waals surface area contributed by atoms with E-state index < -0.39 is 5.97 Å². The van der Waals surface area contributed by atoms with Crippen molar-refractivity contribution in [2.24, 2.45) is 0 Å². The molecule has 0 saturated carbocycles. The molecule has 0 fully saturated rings. The standard InChI is InChI=1S/C18H36O4/c1-3-5-7-11-15-21-18(14-10-9-13-17(19)20)22-16-12-8-6-4-2/h18H,3-16H2,1-2H3,(H,19,20). The Kier molecular flexibility index (Phi) is 16.3. The summed E-state index contributed by atoms with van der Waals surface area (Å²) in [5.41, 5.74) is 0. The van der Waals surface area contributed by atoms with Gasteiger partial charge in [-0.1, -0.05) is 52.4 Å².